The molecular weight excluding hydrogens is 544 g/mol. The highest BCUT2D eigenvalue weighted by Crippen LogP contribution is 2.55. The molecule has 0 radical (unpaired) electrons. The first kappa shape index (κ1) is 30.3. The predicted molar refractivity (Wildman–Crippen MR) is 164 cm³/mol. The minimum Gasteiger partial charge on any atom is -0.379 e. The summed E-state index contributed by atoms with van der Waals surface area (Å²) in [6.07, 6.45) is 7.17. The number of rotatable bonds is 9. The number of hydrogen-bond donors (Lipinski definition) is 2. The van der Waals surface area contributed by atoms with Gasteiger partial charge in [-0.25, -0.2) is 0 Å². The third-order valence-electron chi connectivity index (χ3n) is 10.8. The minimum atomic E-state index is -1.14. The SMILES string of the molecule is CC(C)c1ccc(NC(=O)C2C3C=CC4(O3)C2C(=O)N(CCCN2CCOCC2)C4C(=O)NC2CCCC(C)C2C)cc1. The van der Waals surface area contributed by atoms with Gasteiger partial charge in [-0.1, -0.05) is 64.8 Å². The zero-order valence-corrected chi connectivity index (χ0v) is 26.1. The summed E-state index contributed by atoms with van der Waals surface area (Å²) < 4.78 is 12.0. The molecule has 9 heteroatoms. The van der Waals surface area contributed by atoms with Crippen LogP contribution in [-0.2, 0) is 23.9 Å². The van der Waals surface area contributed by atoms with E-state index < -0.39 is 29.6 Å². The molecule has 4 fully saturated rings. The molecule has 4 aliphatic heterocycles. The molecular formula is C34H48N4O5. The number of fused-ring (bicyclic) bond motifs is 1. The van der Waals surface area contributed by atoms with Crippen LogP contribution in [0.1, 0.15) is 64.9 Å². The number of amides is 3. The second-order valence-electron chi connectivity index (χ2n) is 13.7. The van der Waals surface area contributed by atoms with Crippen molar-refractivity contribution in [2.45, 2.75) is 83.1 Å². The van der Waals surface area contributed by atoms with Gasteiger partial charge >= 0.3 is 0 Å². The van der Waals surface area contributed by atoms with Crippen molar-refractivity contribution >= 4 is 23.4 Å². The van der Waals surface area contributed by atoms with Crippen LogP contribution >= 0.6 is 0 Å². The van der Waals surface area contributed by atoms with Gasteiger partial charge in [0.25, 0.3) is 0 Å². The largest absolute Gasteiger partial charge is 0.379 e. The standard InChI is InChI=1S/C34H48N4O5/c1-21(2)24-9-11-25(12-10-24)35-31(39)28-27-13-14-34(43-27)29(28)33(41)38(16-6-15-37-17-19-42-20-18-37)30(34)32(40)36-26-8-5-7-22(3)23(26)4/h9-14,21-23,26-30H,5-8,15-20H2,1-4H3,(H,35,39)(H,36,40). The van der Waals surface area contributed by atoms with E-state index in [1.54, 1.807) is 4.90 Å². The minimum absolute atomic E-state index is 0.0625. The van der Waals surface area contributed by atoms with Crippen molar-refractivity contribution in [1.82, 2.24) is 15.1 Å². The number of anilines is 1. The Balaban J connectivity index is 1.23. The maximum absolute atomic E-state index is 14.3. The van der Waals surface area contributed by atoms with Gasteiger partial charge in [0.15, 0.2) is 0 Å². The Morgan fingerprint density at radius 3 is 2.51 bits per heavy atom. The molecule has 5 aliphatic rings. The summed E-state index contributed by atoms with van der Waals surface area (Å²) in [6.45, 7) is 13.2. The lowest BCUT2D eigenvalue weighted by Gasteiger charge is -2.38. The average Bonchev–Trinajstić information content (AvgIpc) is 3.64. The Morgan fingerprint density at radius 2 is 1.79 bits per heavy atom. The molecule has 1 aromatic carbocycles. The lowest BCUT2D eigenvalue weighted by Crippen LogP contribution is -2.58. The zero-order chi connectivity index (χ0) is 30.3. The van der Waals surface area contributed by atoms with Gasteiger partial charge in [-0.3, -0.25) is 19.3 Å². The molecule has 3 saturated heterocycles. The van der Waals surface area contributed by atoms with Crippen molar-refractivity contribution in [1.29, 1.82) is 0 Å². The van der Waals surface area contributed by atoms with Crippen LogP contribution in [0.2, 0.25) is 0 Å². The smallest absolute Gasteiger partial charge is 0.246 e. The molecule has 234 valence electrons. The second-order valence-corrected chi connectivity index (χ2v) is 13.7. The number of morpholine rings is 1. The summed E-state index contributed by atoms with van der Waals surface area (Å²) in [5.74, 6) is -0.721. The summed E-state index contributed by atoms with van der Waals surface area (Å²) >= 11 is 0. The fourth-order valence-electron chi connectivity index (χ4n) is 8.02. The molecule has 1 spiro atoms. The summed E-state index contributed by atoms with van der Waals surface area (Å²) in [6, 6.07) is 7.11. The van der Waals surface area contributed by atoms with E-state index in [0.29, 0.717) is 43.2 Å². The van der Waals surface area contributed by atoms with Crippen LogP contribution in [0.4, 0.5) is 5.69 Å². The van der Waals surface area contributed by atoms with Gasteiger partial charge in [0.05, 0.1) is 31.2 Å². The highest BCUT2D eigenvalue weighted by molar-refractivity contribution is 6.02. The number of benzene rings is 1. The molecule has 1 aromatic rings. The Hall–Kier alpha value is -2.75. The predicted octanol–water partition coefficient (Wildman–Crippen LogP) is 3.56. The molecule has 1 saturated carbocycles. The van der Waals surface area contributed by atoms with E-state index in [0.717, 1.165) is 38.9 Å². The van der Waals surface area contributed by atoms with Gasteiger partial charge in [-0.05, 0) is 48.3 Å². The van der Waals surface area contributed by atoms with Crippen molar-refractivity contribution in [2.24, 2.45) is 23.7 Å². The first-order valence-electron chi connectivity index (χ1n) is 16.4. The van der Waals surface area contributed by atoms with E-state index in [1.165, 1.54) is 12.0 Å². The van der Waals surface area contributed by atoms with Crippen LogP contribution in [-0.4, -0.2) is 90.7 Å². The quantitative estimate of drug-likeness (QED) is 0.426. The third-order valence-corrected chi connectivity index (χ3v) is 10.8. The molecule has 2 bridgehead atoms. The number of hydrogen-bond acceptors (Lipinski definition) is 6. The van der Waals surface area contributed by atoms with E-state index in [4.69, 9.17) is 9.47 Å². The highest BCUT2D eigenvalue weighted by atomic mass is 16.5. The van der Waals surface area contributed by atoms with E-state index in [9.17, 15) is 14.4 Å². The number of nitrogens with zero attached hydrogens (tertiary/aromatic N) is 2. The lowest BCUT2D eigenvalue weighted by atomic mass is 9.73. The number of likely N-dealkylation sites (tertiary alicyclic amines) is 1. The summed E-state index contributed by atoms with van der Waals surface area (Å²) in [5.41, 5.74) is 0.743. The molecule has 43 heavy (non-hydrogen) atoms. The van der Waals surface area contributed by atoms with E-state index in [1.807, 2.05) is 36.4 Å². The number of carbonyl (C=O) groups is 3. The number of ether oxygens (including phenoxy) is 2. The fraction of sp³-hybridized carbons (Fsp3) is 0.676. The van der Waals surface area contributed by atoms with Crippen LogP contribution in [0.15, 0.2) is 36.4 Å². The second kappa shape index (κ2) is 12.3. The van der Waals surface area contributed by atoms with Gasteiger partial charge in [-0.2, -0.15) is 0 Å². The number of carbonyl (C=O) groups excluding carboxylic acids is 3. The summed E-state index contributed by atoms with van der Waals surface area (Å²) in [5, 5.41) is 6.39. The summed E-state index contributed by atoms with van der Waals surface area (Å²) in [7, 11) is 0. The Kier molecular flexibility index (Phi) is 8.68. The van der Waals surface area contributed by atoms with Gasteiger partial charge < -0.3 is 25.0 Å². The van der Waals surface area contributed by atoms with E-state index >= 15 is 0 Å². The number of nitrogens with one attached hydrogen (secondary N) is 2. The topological polar surface area (TPSA) is 100 Å². The molecule has 8 atom stereocenters. The van der Waals surface area contributed by atoms with Crippen molar-refractivity contribution in [2.75, 3.05) is 44.7 Å². The van der Waals surface area contributed by atoms with E-state index in [-0.39, 0.29) is 23.8 Å². The maximum atomic E-state index is 14.3. The van der Waals surface area contributed by atoms with Gasteiger partial charge in [0, 0.05) is 37.9 Å². The fourth-order valence-corrected chi connectivity index (χ4v) is 8.02. The average molecular weight is 593 g/mol. The zero-order valence-electron chi connectivity index (χ0n) is 26.1. The molecule has 9 nitrogen and oxygen atoms in total. The monoisotopic (exact) mass is 592 g/mol. The molecule has 2 N–H and O–H groups in total. The molecule has 8 unspecified atom stereocenters. The highest BCUT2D eigenvalue weighted by Gasteiger charge is 2.72. The van der Waals surface area contributed by atoms with Crippen LogP contribution in [0.3, 0.4) is 0 Å². The van der Waals surface area contributed by atoms with Crippen molar-refractivity contribution in [3.8, 4) is 0 Å². The first-order chi connectivity index (χ1) is 20.7. The molecule has 0 aromatic heterocycles. The Labute approximate surface area is 255 Å². The van der Waals surface area contributed by atoms with Crippen LogP contribution in [0, 0.1) is 23.7 Å². The van der Waals surface area contributed by atoms with Gasteiger partial charge in [0.1, 0.15) is 11.6 Å². The van der Waals surface area contributed by atoms with Gasteiger partial charge in [-0.15, -0.1) is 0 Å². The first-order valence-corrected chi connectivity index (χ1v) is 16.4. The Bertz CT molecular complexity index is 1230. The van der Waals surface area contributed by atoms with Crippen LogP contribution < -0.4 is 10.6 Å². The lowest BCUT2D eigenvalue weighted by molar-refractivity contribution is -0.141. The van der Waals surface area contributed by atoms with Crippen molar-refractivity contribution < 1.29 is 23.9 Å². The molecule has 3 amide bonds. The van der Waals surface area contributed by atoms with E-state index in [2.05, 4.69) is 43.2 Å². The van der Waals surface area contributed by atoms with Crippen LogP contribution in [0.5, 0.6) is 0 Å². The molecule has 4 heterocycles. The van der Waals surface area contributed by atoms with Crippen molar-refractivity contribution in [3.05, 3.63) is 42.0 Å². The summed E-state index contributed by atoms with van der Waals surface area (Å²) in [4.78, 5) is 46.4. The Morgan fingerprint density at radius 1 is 1.05 bits per heavy atom. The normalized spacial score (nSPS) is 35.4. The molecule has 6 rings (SSSR count). The molecule has 1 aliphatic carbocycles. The maximum Gasteiger partial charge on any atom is 0.246 e. The van der Waals surface area contributed by atoms with Crippen LogP contribution in [0.25, 0.3) is 0 Å². The van der Waals surface area contributed by atoms with Gasteiger partial charge in [0.2, 0.25) is 17.7 Å². The third kappa shape index (κ3) is 5.64. The van der Waals surface area contributed by atoms with Crippen molar-refractivity contribution in [3.63, 3.8) is 0 Å².